The normalized spacial score (nSPS) is 34.7. The van der Waals surface area contributed by atoms with E-state index < -0.39 is 0 Å². The maximum atomic E-state index is 5.74. The molecule has 2 rings (SSSR count). The van der Waals surface area contributed by atoms with Crippen LogP contribution in [0.3, 0.4) is 0 Å². The predicted octanol–water partition coefficient (Wildman–Crippen LogP) is 2.00. The molecule has 0 bridgehead atoms. The largest absolute Gasteiger partial charge is 0.381 e. The molecule has 2 heterocycles. The highest BCUT2D eigenvalue weighted by atomic mass is 16.5. The minimum Gasteiger partial charge on any atom is -0.381 e. The second kappa shape index (κ2) is 7.91. The summed E-state index contributed by atoms with van der Waals surface area (Å²) in [6, 6.07) is 0. The topological polar surface area (TPSA) is 33.7 Å². The van der Waals surface area contributed by atoms with Crippen molar-refractivity contribution in [2.45, 2.75) is 39.7 Å². The van der Waals surface area contributed by atoms with E-state index >= 15 is 0 Å². The summed E-state index contributed by atoms with van der Waals surface area (Å²) in [7, 11) is 1.85. The smallest absolute Gasteiger partial charge is 0.0724 e. The molecule has 0 aromatic carbocycles. The molecule has 4 heteroatoms. The van der Waals surface area contributed by atoms with Gasteiger partial charge in [0.25, 0.3) is 0 Å². The molecule has 3 atom stereocenters. The Bertz CT molecular complexity index is 303. The second-order valence-electron chi connectivity index (χ2n) is 7.60. The van der Waals surface area contributed by atoms with Crippen LogP contribution >= 0.6 is 0 Å². The first-order valence-corrected chi connectivity index (χ1v) is 8.58. The Morgan fingerprint density at radius 2 is 2.24 bits per heavy atom. The molecule has 124 valence electrons. The van der Waals surface area contributed by atoms with E-state index in [1.807, 2.05) is 7.11 Å². The average Bonchev–Trinajstić information content (AvgIpc) is 2.89. The zero-order valence-electron chi connectivity index (χ0n) is 14.4. The van der Waals surface area contributed by atoms with Crippen molar-refractivity contribution in [2.75, 3.05) is 53.0 Å². The van der Waals surface area contributed by atoms with Crippen LogP contribution in [0.4, 0.5) is 0 Å². The van der Waals surface area contributed by atoms with Crippen molar-refractivity contribution < 1.29 is 9.47 Å². The Labute approximate surface area is 130 Å². The minimum absolute atomic E-state index is 0.299. The Balaban J connectivity index is 1.87. The molecule has 0 amide bonds. The van der Waals surface area contributed by atoms with Gasteiger partial charge in [-0.2, -0.15) is 0 Å². The summed E-state index contributed by atoms with van der Waals surface area (Å²) in [5.41, 5.74) is 0.299. The molecule has 0 aromatic rings. The Morgan fingerprint density at radius 3 is 2.86 bits per heavy atom. The molecule has 0 spiro atoms. The van der Waals surface area contributed by atoms with Gasteiger partial charge in [-0.15, -0.1) is 0 Å². The summed E-state index contributed by atoms with van der Waals surface area (Å²) in [6.45, 7) is 14.3. The van der Waals surface area contributed by atoms with Gasteiger partial charge >= 0.3 is 0 Å². The molecule has 2 aliphatic heterocycles. The van der Waals surface area contributed by atoms with Gasteiger partial charge in [0.05, 0.1) is 12.7 Å². The molecular weight excluding hydrogens is 264 g/mol. The third kappa shape index (κ3) is 4.92. The van der Waals surface area contributed by atoms with Crippen molar-refractivity contribution in [1.82, 2.24) is 10.2 Å². The SMILES string of the molecule is COC1CN(CC2(CNCC(C)C)CCOC2)CCC1C. The maximum Gasteiger partial charge on any atom is 0.0724 e. The lowest BCUT2D eigenvalue weighted by Crippen LogP contribution is -2.51. The molecule has 0 radical (unpaired) electrons. The van der Waals surface area contributed by atoms with Crippen molar-refractivity contribution in [1.29, 1.82) is 0 Å². The van der Waals surface area contributed by atoms with Gasteiger partial charge in [-0.25, -0.2) is 0 Å². The lowest BCUT2D eigenvalue weighted by atomic mass is 9.85. The van der Waals surface area contributed by atoms with Crippen LogP contribution in [-0.4, -0.2) is 64.1 Å². The van der Waals surface area contributed by atoms with Crippen molar-refractivity contribution in [3.8, 4) is 0 Å². The van der Waals surface area contributed by atoms with Crippen LogP contribution < -0.4 is 5.32 Å². The molecule has 4 nitrogen and oxygen atoms in total. The van der Waals surface area contributed by atoms with Gasteiger partial charge in [-0.3, -0.25) is 0 Å². The summed E-state index contributed by atoms with van der Waals surface area (Å²) in [6.07, 6.45) is 2.82. The molecule has 2 fully saturated rings. The van der Waals surface area contributed by atoms with Crippen molar-refractivity contribution in [3.63, 3.8) is 0 Å². The number of nitrogens with zero attached hydrogens (tertiary/aromatic N) is 1. The van der Waals surface area contributed by atoms with E-state index in [1.54, 1.807) is 0 Å². The predicted molar refractivity (Wildman–Crippen MR) is 86.6 cm³/mol. The number of piperidine rings is 1. The molecule has 3 unspecified atom stereocenters. The van der Waals surface area contributed by atoms with E-state index in [-0.39, 0.29) is 0 Å². The number of ether oxygens (including phenoxy) is 2. The van der Waals surface area contributed by atoms with Crippen molar-refractivity contribution in [3.05, 3.63) is 0 Å². The number of hydrogen-bond donors (Lipinski definition) is 1. The third-order valence-electron chi connectivity index (χ3n) is 5.07. The van der Waals surface area contributed by atoms with Gasteiger partial charge in [0, 0.05) is 38.8 Å². The van der Waals surface area contributed by atoms with E-state index in [4.69, 9.17) is 9.47 Å². The second-order valence-corrected chi connectivity index (χ2v) is 7.60. The molecule has 21 heavy (non-hydrogen) atoms. The fourth-order valence-electron chi connectivity index (χ4n) is 3.62. The van der Waals surface area contributed by atoms with Gasteiger partial charge in [-0.05, 0) is 37.8 Å². The number of likely N-dealkylation sites (tertiary alicyclic amines) is 1. The quantitative estimate of drug-likeness (QED) is 0.779. The summed E-state index contributed by atoms with van der Waals surface area (Å²) in [4.78, 5) is 2.60. The highest BCUT2D eigenvalue weighted by Crippen LogP contribution is 2.31. The molecule has 0 aromatic heterocycles. The highest BCUT2D eigenvalue weighted by Gasteiger charge is 2.38. The summed E-state index contributed by atoms with van der Waals surface area (Å²) < 4.78 is 11.4. The zero-order chi connectivity index (χ0) is 15.3. The Kier molecular flexibility index (Phi) is 6.48. The van der Waals surface area contributed by atoms with Crippen LogP contribution in [0.5, 0.6) is 0 Å². The first-order valence-electron chi connectivity index (χ1n) is 8.58. The minimum atomic E-state index is 0.299. The number of nitrogens with one attached hydrogen (secondary N) is 1. The Morgan fingerprint density at radius 1 is 1.43 bits per heavy atom. The van der Waals surface area contributed by atoms with Crippen LogP contribution in [-0.2, 0) is 9.47 Å². The summed E-state index contributed by atoms with van der Waals surface area (Å²) >= 11 is 0. The van der Waals surface area contributed by atoms with Crippen molar-refractivity contribution >= 4 is 0 Å². The van der Waals surface area contributed by atoms with Gasteiger partial charge in [0.2, 0.25) is 0 Å². The monoisotopic (exact) mass is 298 g/mol. The summed E-state index contributed by atoms with van der Waals surface area (Å²) in [5, 5.41) is 3.65. The first kappa shape index (κ1) is 17.2. The van der Waals surface area contributed by atoms with Gasteiger partial charge in [-0.1, -0.05) is 20.8 Å². The lowest BCUT2D eigenvalue weighted by Gasteiger charge is -2.41. The number of hydrogen-bond acceptors (Lipinski definition) is 4. The standard InChI is InChI=1S/C17H34N2O2/c1-14(2)9-18-11-17(6-8-21-13-17)12-19-7-5-15(3)16(10-19)20-4/h14-16,18H,5-13H2,1-4H3. The highest BCUT2D eigenvalue weighted by molar-refractivity contribution is 4.91. The average molecular weight is 298 g/mol. The van der Waals surface area contributed by atoms with E-state index in [0.29, 0.717) is 23.4 Å². The van der Waals surface area contributed by atoms with Gasteiger partial charge in [0.15, 0.2) is 0 Å². The molecule has 1 N–H and O–H groups in total. The van der Waals surface area contributed by atoms with Crippen LogP contribution in [0.1, 0.15) is 33.6 Å². The Hall–Kier alpha value is -0.160. The van der Waals surface area contributed by atoms with Gasteiger partial charge in [0.1, 0.15) is 0 Å². The number of methoxy groups -OCH3 is 1. The zero-order valence-corrected chi connectivity index (χ0v) is 14.4. The maximum absolute atomic E-state index is 5.74. The third-order valence-corrected chi connectivity index (χ3v) is 5.07. The van der Waals surface area contributed by atoms with Crippen LogP contribution in [0.2, 0.25) is 0 Å². The van der Waals surface area contributed by atoms with Gasteiger partial charge < -0.3 is 19.7 Å². The molecule has 0 aliphatic carbocycles. The van der Waals surface area contributed by atoms with E-state index in [0.717, 1.165) is 39.4 Å². The van der Waals surface area contributed by atoms with E-state index in [2.05, 4.69) is 31.0 Å². The lowest BCUT2D eigenvalue weighted by molar-refractivity contribution is -0.0192. The first-order chi connectivity index (χ1) is 10.0. The number of rotatable bonds is 7. The summed E-state index contributed by atoms with van der Waals surface area (Å²) in [5.74, 6) is 1.39. The van der Waals surface area contributed by atoms with Crippen LogP contribution in [0, 0.1) is 17.3 Å². The van der Waals surface area contributed by atoms with Crippen LogP contribution in [0.25, 0.3) is 0 Å². The van der Waals surface area contributed by atoms with E-state index in [1.165, 1.54) is 19.4 Å². The van der Waals surface area contributed by atoms with E-state index in [9.17, 15) is 0 Å². The fourth-order valence-corrected chi connectivity index (χ4v) is 3.62. The molecule has 2 saturated heterocycles. The molecule has 0 saturated carbocycles. The van der Waals surface area contributed by atoms with Crippen LogP contribution in [0.15, 0.2) is 0 Å². The fraction of sp³-hybridized carbons (Fsp3) is 1.00. The van der Waals surface area contributed by atoms with Crippen molar-refractivity contribution in [2.24, 2.45) is 17.3 Å². The molecule has 2 aliphatic rings. The molecular formula is C17H34N2O2.